The van der Waals surface area contributed by atoms with Crippen molar-refractivity contribution in [3.05, 3.63) is 64.8 Å². The predicted octanol–water partition coefficient (Wildman–Crippen LogP) is 4.81. The maximum Gasteiger partial charge on any atom is 0.153 e. The third-order valence-corrected chi connectivity index (χ3v) is 3.97. The zero-order valence-electron chi connectivity index (χ0n) is 11.6. The number of nitrogens with two attached hydrogens (primary N) is 1. The molecular formula is C17H15BrN2O. The van der Waals surface area contributed by atoms with Gasteiger partial charge in [-0.05, 0) is 36.8 Å². The van der Waals surface area contributed by atoms with Gasteiger partial charge >= 0.3 is 0 Å². The normalized spacial score (nSPS) is 12.3. The lowest BCUT2D eigenvalue weighted by Crippen LogP contribution is -2.05. The minimum absolute atomic E-state index is 0.0207. The lowest BCUT2D eigenvalue weighted by atomic mass is 10.1. The van der Waals surface area contributed by atoms with Crippen LogP contribution in [0.5, 0.6) is 11.5 Å². The number of para-hydroxylation sites is 1. The summed E-state index contributed by atoms with van der Waals surface area (Å²) in [6.45, 7) is 1.95. The van der Waals surface area contributed by atoms with Crippen molar-refractivity contribution >= 4 is 26.8 Å². The average molecular weight is 343 g/mol. The topological polar surface area (TPSA) is 48.1 Å². The van der Waals surface area contributed by atoms with E-state index in [0.29, 0.717) is 0 Å². The lowest BCUT2D eigenvalue weighted by Gasteiger charge is -2.12. The molecule has 3 rings (SSSR count). The summed E-state index contributed by atoms with van der Waals surface area (Å²) >= 11 is 3.54. The van der Waals surface area contributed by atoms with Crippen LogP contribution in [0.1, 0.15) is 18.5 Å². The molecule has 0 saturated carbocycles. The van der Waals surface area contributed by atoms with Gasteiger partial charge in [0.05, 0.1) is 0 Å². The summed E-state index contributed by atoms with van der Waals surface area (Å²) in [5.41, 5.74) is 7.82. The number of ether oxygens (including phenoxy) is 1. The molecule has 0 amide bonds. The van der Waals surface area contributed by atoms with E-state index >= 15 is 0 Å². The Morgan fingerprint density at radius 2 is 1.95 bits per heavy atom. The summed E-state index contributed by atoms with van der Waals surface area (Å²) in [7, 11) is 0. The van der Waals surface area contributed by atoms with Crippen molar-refractivity contribution in [2.45, 2.75) is 13.0 Å². The molecule has 2 N–H and O–H groups in total. The van der Waals surface area contributed by atoms with E-state index in [1.165, 1.54) is 0 Å². The summed E-state index contributed by atoms with van der Waals surface area (Å²) in [4.78, 5) is 4.39. The number of nitrogens with zero attached hydrogens (tertiary/aromatic N) is 1. The molecule has 4 heteroatoms. The van der Waals surface area contributed by atoms with Crippen molar-refractivity contribution in [1.82, 2.24) is 4.98 Å². The van der Waals surface area contributed by atoms with E-state index in [1.807, 2.05) is 55.5 Å². The maximum absolute atomic E-state index is 5.97. The third-order valence-electron chi connectivity index (χ3n) is 3.29. The number of halogens is 1. The Morgan fingerprint density at radius 3 is 2.71 bits per heavy atom. The number of hydrogen-bond acceptors (Lipinski definition) is 3. The lowest BCUT2D eigenvalue weighted by molar-refractivity contribution is 0.486. The maximum atomic E-state index is 5.97. The van der Waals surface area contributed by atoms with Crippen molar-refractivity contribution in [2.75, 3.05) is 0 Å². The van der Waals surface area contributed by atoms with Crippen molar-refractivity contribution in [2.24, 2.45) is 5.73 Å². The molecule has 0 radical (unpaired) electrons. The molecule has 0 saturated heterocycles. The summed E-state index contributed by atoms with van der Waals surface area (Å²) in [5, 5.41) is 1.06. The number of fused-ring (bicyclic) bond motifs is 1. The van der Waals surface area contributed by atoms with Gasteiger partial charge in [0, 0.05) is 22.1 Å². The van der Waals surface area contributed by atoms with Crippen molar-refractivity contribution in [3.8, 4) is 11.5 Å². The van der Waals surface area contributed by atoms with Gasteiger partial charge in [-0.15, -0.1) is 0 Å². The Hall–Kier alpha value is -1.91. The molecule has 21 heavy (non-hydrogen) atoms. The summed E-state index contributed by atoms with van der Waals surface area (Å²) < 4.78 is 6.92. The van der Waals surface area contributed by atoms with E-state index in [9.17, 15) is 0 Å². The molecule has 3 aromatic rings. The molecule has 2 aromatic carbocycles. The quantitative estimate of drug-likeness (QED) is 0.742. The van der Waals surface area contributed by atoms with Gasteiger partial charge in [-0.2, -0.15) is 0 Å². The Bertz CT molecular complexity index is 781. The first-order valence-corrected chi connectivity index (χ1v) is 7.51. The van der Waals surface area contributed by atoms with Gasteiger partial charge in [0.2, 0.25) is 0 Å². The van der Waals surface area contributed by atoms with Gasteiger partial charge in [0.25, 0.3) is 0 Å². The van der Waals surface area contributed by atoms with E-state index in [-0.39, 0.29) is 6.04 Å². The van der Waals surface area contributed by atoms with Crippen LogP contribution in [0.15, 0.2) is 59.2 Å². The smallest absolute Gasteiger partial charge is 0.153 e. The second-order valence-corrected chi connectivity index (χ2v) is 5.76. The Balaban J connectivity index is 1.97. The van der Waals surface area contributed by atoms with E-state index in [4.69, 9.17) is 10.5 Å². The molecule has 0 aliphatic carbocycles. The van der Waals surface area contributed by atoms with Gasteiger partial charge in [-0.3, -0.25) is 4.98 Å². The highest BCUT2D eigenvalue weighted by atomic mass is 79.9. The van der Waals surface area contributed by atoms with Crippen LogP contribution in [0.25, 0.3) is 10.9 Å². The number of rotatable bonds is 3. The van der Waals surface area contributed by atoms with E-state index in [1.54, 1.807) is 6.20 Å². The van der Waals surface area contributed by atoms with Crippen LogP contribution in [-0.4, -0.2) is 4.98 Å². The predicted molar refractivity (Wildman–Crippen MR) is 88.6 cm³/mol. The van der Waals surface area contributed by atoms with E-state index in [0.717, 1.165) is 32.4 Å². The first kappa shape index (κ1) is 14.0. The van der Waals surface area contributed by atoms with Gasteiger partial charge in [0.15, 0.2) is 5.75 Å². The molecule has 0 bridgehead atoms. The molecule has 0 aliphatic rings. The number of pyridine rings is 1. The Kier molecular flexibility index (Phi) is 3.90. The van der Waals surface area contributed by atoms with Crippen LogP contribution in [-0.2, 0) is 0 Å². The highest BCUT2D eigenvalue weighted by Crippen LogP contribution is 2.32. The monoisotopic (exact) mass is 342 g/mol. The van der Waals surface area contributed by atoms with Gasteiger partial charge in [-0.1, -0.05) is 40.2 Å². The van der Waals surface area contributed by atoms with Gasteiger partial charge in [0.1, 0.15) is 11.3 Å². The Labute approximate surface area is 131 Å². The van der Waals surface area contributed by atoms with Crippen molar-refractivity contribution in [1.29, 1.82) is 0 Å². The van der Waals surface area contributed by atoms with Crippen molar-refractivity contribution < 1.29 is 4.74 Å². The third kappa shape index (κ3) is 2.91. The molecule has 3 nitrogen and oxygen atoms in total. The number of hydrogen-bond donors (Lipinski definition) is 1. The minimum atomic E-state index is -0.0207. The Morgan fingerprint density at radius 1 is 1.14 bits per heavy atom. The zero-order chi connectivity index (χ0) is 14.8. The van der Waals surface area contributed by atoms with Crippen molar-refractivity contribution in [3.63, 3.8) is 0 Å². The van der Waals surface area contributed by atoms with Crippen LogP contribution >= 0.6 is 15.9 Å². The first-order chi connectivity index (χ1) is 10.1. The van der Waals surface area contributed by atoms with Crippen LogP contribution in [0.3, 0.4) is 0 Å². The molecule has 0 spiro atoms. The zero-order valence-corrected chi connectivity index (χ0v) is 13.2. The highest BCUT2D eigenvalue weighted by Gasteiger charge is 2.08. The molecular weight excluding hydrogens is 328 g/mol. The molecule has 0 aliphatic heterocycles. The number of benzene rings is 2. The van der Waals surface area contributed by atoms with E-state index < -0.39 is 0 Å². The summed E-state index contributed by atoms with van der Waals surface area (Å²) in [6, 6.07) is 15.6. The fourth-order valence-electron chi connectivity index (χ4n) is 2.23. The first-order valence-electron chi connectivity index (χ1n) is 6.72. The molecule has 106 valence electrons. The van der Waals surface area contributed by atoms with Crippen LogP contribution in [0, 0.1) is 0 Å². The summed E-state index contributed by atoms with van der Waals surface area (Å²) in [5.74, 6) is 1.50. The second-order valence-electron chi connectivity index (χ2n) is 4.91. The number of aromatic nitrogens is 1. The van der Waals surface area contributed by atoms with Crippen LogP contribution < -0.4 is 10.5 Å². The molecule has 0 fully saturated rings. The standard InChI is InChI=1S/C17H15BrN2O/c1-11(19)14-8-7-13(10-15(14)18)21-16-6-2-4-12-5-3-9-20-17(12)16/h2-11H,19H2,1H3/t11-/m1/s1. The molecule has 1 aromatic heterocycles. The van der Waals surface area contributed by atoms with Crippen LogP contribution in [0.2, 0.25) is 0 Å². The fourth-order valence-corrected chi connectivity index (χ4v) is 2.95. The fraction of sp³-hybridized carbons (Fsp3) is 0.118. The average Bonchev–Trinajstić information content (AvgIpc) is 2.47. The van der Waals surface area contributed by atoms with Crippen LogP contribution in [0.4, 0.5) is 0 Å². The van der Waals surface area contributed by atoms with Gasteiger partial charge < -0.3 is 10.5 Å². The second kappa shape index (κ2) is 5.84. The van der Waals surface area contributed by atoms with Gasteiger partial charge in [-0.25, -0.2) is 0 Å². The molecule has 1 atom stereocenters. The highest BCUT2D eigenvalue weighted by molar-refractivity contribution is 9.10. The summed E-state index contributed by atoms with van der Waals surface area (Å²) in [6.07, 6.45) is 1.77. The largest absolute Gasteiger partial charge is 0.455 e. The molecule has 1 heterocycles. The van der Waals surface area contributed by atoms with E-state index in [2.05, 4.69) is 20.9 Å². The minimum Gasteiger partial charge on any atom is -0.455 e. The SMILES string of the molecule is C[C@@H](N)c1ccc(Oc2cccc3cccnc23)cc1Br. The molecule has 0 unspecified atom stereocenters.